The molecule has 0 aliphatic carbocycles. The SMILES string of the molecule is Cc1c(S(=O)(=O)N2CCSC(C)(C)C2)c(N)nn1C. The van der Waals surface area contributed by atoms with Gasteiger partial charge in [0, 0.05) is 30.6 Å². The van der Waals surface area contributed by atoms with Crippen LogP contribution in [-0.2, 0) is 17.1 Å². The molecule has 1 saturated heterocycles. The highest BCUT2D eigenvalue weighted by Crippen LogP contribution is 2.34. The van der Waals surface area contributed by atoms with Crippen LogP contribution in [0.3, 0.4) is 0 Å². The second kappa shape index (κ2) is 4.68. The van der Waals surface area contributed by atoms with Crippen LogP contribution in [0.15, 0.2) is 4.90 Å². The van der Waals surface area contributed by atoms with Crippen molar-refractivity contribution in [3.8, 4) is 0 Å². The van der Waals surface area contributed by atoms with Gasteiger partial charge in [0.25, 0.3) is 0 Å². The highest BCUT2D eigenvalue weighted by Gasteiger charge is 2.37. The number of rotatable bonds is 2. The van der Waals surface area contributed by atoms with Crippen LogP contribution in [0.2, 0.25) is 0 Å². The molecule has 0 saturated carbocycles. The van der Waals surface area contributed by atoms with Gasteiger partial charge in [-0.2, -0.15) is 21.2 Å². The topological polar surface area (TPSA) is 81.2 Å². The van der Waals surface area contributed by atoms with E-state index in [0.29, 0.717) is 18.8 Å². The molecule has 0 unspecified atom stereocenters. The van der Waals surface area contributed by atoms with E-state index in [1.165, 1.54) is 8.99 Å². The molecule has 2 heterocycles. The molecule has 0 aromatic carbocycles. The van der Waals surface area contributed by atoms with E-state index in [2.05, 4.69) is 18.9 Å². The molecule has 0 atom stereocenters. The predicted octanol–water partition coefficient (Wildman–Crippen LogP) is 0.827. The van der Waals surface area contributed by atoms with Gasteiger partial charge in [0.1, 0.15) is 4.90 Å². The van der Waals surface area contributed by atoms with Gasteiger partial charge in [-0.15, -0.1) is 0 Å². The molecular formula is C11H20N4O2S2. The van der Waals surface area contributed by atoms with E-state index in [-0.39, 0.29) is 15.5 Å². The number of aryl methyl sites for hydroxylation is 1. The Morgan fingerprint density at radius 2 is 2.05 bits per heavy atom. The van der Waals surface area contributed by atoms with Crippen molar-refractivity contribution in [3.63, 3.8) is 0 Å². The Hall–Kier alpha value is -0.730. The fourth-order valence-corrected chi connectivity index (χ4v) is 5.44. The zero-order valence-corrected chi connectivity index (χ0v) is 13.3. The van der Waals surface area contributed by atoms with E-state index in [1.807, 2.05) is 0 Å². The summed E-state index contributed by atoms with van der Waals surface area (Å²) in [5.41, 5.74) is 6.34. The molecule has 0 spiro atoms. The van der Waals surface area contributed by atoms with Crippen molar-refractivity contribution in [2.24, 2.45) is 7.05 Å². The third-order valence-corrected chi connectivity index (χ3v) is 6.60. The number of hydrogen-bond acceptors (Lipinski definition) is 5. The molecule has 2 rings (SSSR count). The molecule has 0 radical (unpaired) electrons. The largest absolute Gasteiger partial charge is 0.381 e. The molecule has 1 aromatic heterocycles. The van der Waals surface area contributed by atoms with Crippen molar-refractivity contribution in [1.82, 2.24) is 14.1 Å². The van der Waals surface area contributed by atoms with Crippen molar-refractivity contribution in [2.75, 3.05) is 24.6 Å². The Labute approximate surface area is 118 Å². The Kier molecular flexibility index (Phi) is 3.61. The van der Waals surface area contributed by atoms with Crippen molar-refractivity contribution in [3.05, 3.63) is 5.69 Å². The summed E-state index contributed by atoms with van der Waals surface area (Å²) in [5, 5.41) is 3.99. The number of aromatic nitrogens is 2. The average molecular weight is 304 g/mol. The molecule has 8 heteroatoms. The number of thioether (sulfide) groups is 1. The van der Waals surface area contributed by atoms with E-state index < -0.39 is 10.0 Å². The summed E-state index contributed by atoms with van der Waals surface area (Å²) in [7, 11) is -1.87. The summed E-state index contributed by atoms with van der Waals surface area (Å²) in [6.45, 7) is 6.84. The van der Waals surface area contributed by atoms with Crippen LogP contribution in [0.4, 0.5) is 5.82 Å². The molecule has 6 nitrogen and oxygen atoms in total. The highest BCUT2D eigenvalue weighted by molar-refractivity contribution is 8.00. The van der Waals surface area contributed by atoms with E-state index in [0.717, 1.165) is 5.75 Å². The van der Waals surface area contributed by atoms with Crippen LogP contribution in [0.1, 0.15) is 19.5 Å². The number of sulfonamides is 1. The zero-order valence-electron chi connectivity index (χ0n) is 11.7. The summed E-state index contributed by atoms with van der Waals surface area (Å²) in [6, 6.07) is 0. The first-order valence-electron chi connectivity index (χ1n) is 6.08. The molecule has 2 N–H and O–H groups in total. The molecule has 19 heavy (non-hydrogen) atoms. The molecule has 0 amide bonds. The lowest BCUT2D eigenvalue weighted by Gasteiger charge is -2.36. The second-order valence-electron chi connectivity index (χ2n) is 5.37. The van der Waals surface area contributed by atoms with Crippen LogP contribution in [-0.4, -0.2) is 46.1 Å². The number of anilines is 1. The number of nitrogens with two attached hydrogens (primary N) is 1. The van der Waals surface area contributed by atoms with Crippen LogP contribution < -0.4 is 5.73 Å². The maximum absolute atomic E-state index is 12.7. The van der Waals surface area contributed by atoms with E-state index >= 15 is 0 Å². The van der Waals surface area contributed by atoms with Gasteiger partial charge in [0.2, 0.25) is 10.0 Å². The van der Waals surface area contributed by atoms with Gasteiger partial charge in [0.15, 0.2) is 5.82 Å². The van der Waals surface area contributed by atoms with Crippen LogP contribution in [0.25, 0.3) is 0 Å². The molecule has 1 aliphatic rings. The lowest BCUT2D eigenvalue weighted by Crippen LogP contribution is -2.46. The smallest absolute Gasteiger partial charge is 0.248 e. The summed E-state index contributed by atoms with van der Waals surface area (Å²) in [5.74, 6) is 0.877. The molecule has 1 aliphatic heterocycles. The summed E-state index contributed by atoms with van der Waals surface area (Å²) < 4.78 is 28.4. The Morgan fingerprint density at radius 1 is 1.42 bits per heavy atom. The van der Waals surface area contributed by atoms with Gasteiger partial charge in [-0.25, -0.2) is 8.42 Å². The third kappa shape index (κ3) is 2.61. The van der Waals surface area contributed by atoms with Crippen molar-refractivity contribution < 1.29 is 8.42 Å². The Balaban J connectivity index is 2.43. The summed E-state index contributed by atoms with van der Waals surface area (Å²) in [6.07, 6.45) is 0. The first-order chi connectivity index (χ1) is 8.65. The van der Waals surface area contributed by atoms with Crippen LogP contribution >= 0.6 is 11.8 Å². The van der Waals surface area contributed by atoms with Gasteiger partial charge in [0.05, 0.1) is 5.69 Å². The minimum atomic E-state index is -3.56. The fraction of sp³-hybridized carbons (Fsp3) is 0.727. The first-order valence-corrected chi connectivity index (χ1v) is 8.51. The lowest BCUT2D eigenvalue weighted by molar-refractivity contribution is 0.387. The van der Waals surface area contributed by atoms with Gasteiger partial charge in [-0.3, -0.25) is 4.68 Å². The second-order valence-corrected chi connectivity index (χ2v) is 9.05. The van der Waals surface area contributed by atoms with Crippen LogP contribution in [0, 0.1) is 6.92 Å². The maximum Gasteiger partial charge on any atom is 0.248 e. The van der Waals surface area contributed by atoms with Gasteiger partial charge < -0.3 is 5.73 Å². The fourth-order valence-electron chi connectivity index (χ4n) is 2.24. The average Bonchev–Trinajstić information content (AvgIpc) is 2.51. The van der Waals surface area contributed by atoms with E-state index in [1.54, 1.807) is 25.7 Å². The van der Waals surface area contributed by atoms with Gasteiger partial charge in [-0.05, 0) is 20.8 Å². The number of nitrogens with zero attached hydrogens (tertiary/aromatic N) is 3. The first kappa shape index (κ1) is 14.7. The Morgan fingerprint density at radius 3 is 2.53 bits per heavy atom. The van der Waals surface area contributed by atoms with E-state index in [4.69, 9.17) is 5.73 Å². The quantitative estimate of drug-likeness (QED) is 0.875. The standard InChI is InChI=1S/C11H20N4O2S2/c1-8-9(10(12)13-14(8)4)19(16,17)15-5-6-18-11(2,3)7-15/h5-7H2,1-4H3,(H2,12,13). The number of nitrogen functional groups attached to an aromatic ring is 1. The highest BCUT2D eigenvalue weighted by atomic mass is 32.2. The minimum absolute atomic E-state index is 0.0732. The minimum Gasteiger partial charge on any atom is -0.381 e. The van der Waals surface area contributed by atoms with Crippen molar-refractivity contribution in [2.45, 2.75) is 30.4 Å². The molecule has 108 valence electrons. The molecule has 1 aromatic rings. The number of hydrogen-bond donors (Lipinski definition) is 1. The maximum atomic E-state index is 12.7. The zero-order chi connectivity index (χ0) is 14.4. The normalized spacial score (nSPS) is 20.6. The monoisotopic (exact) mass is 304 g/mol. The summed E-state index contributed by atoms with van der Waals surface area (Å²) >= 11 is 1.79. The van der Waals surface area contributed by atoms with Crippen molar-refractivity contribution in [1.29, 1.82) is 0 Å². The Bertz CT molecular complexity index is 592. The third-order valence-electron chi connectivity index (χ3n) is 3.29. The predicted molar refractivity (Wildman–Crippen MR) is 77.7 cm³/mol. The molecule has 1 fully saturated rings. The lowest BCUT2D eigenvalue weighted by atomic mass is 10.2. The van der Waals surface area contributed by atoms with Crippen LogP contribution in [0.5, 0.6) is 0 Å². The summed E-state index contributed by atoms with van der Waals surface area (Å²) in [4.78, 5) is 0.151. The molecular weight excluding hydrogens is 284 g/mol. The van der Waals surface area contributed by atoms with Gasteiger partial charge >= 0.3 is 0 Å². The molecule has 0 bridgehead atoms. The van der Waals surface area contributed by atoms with Crippen molar-refractivity contribution >= 4 is 27.6 Å². The van der Waals surface area contributed by atoms with E-state index in [9.17, 15) is 8.42 Å². The van der Waals surface area contributed by atoms with Gasteiger partial charge in [-0.1, -0.05) is 0 Å².